The number of sulfone groups is 1. The summed E-state index contributed by atoms with van der Waals surface area (Å²) in [6.45, 7) is 3.17. The smallest absolute Gasteiger partial charge is 0.218 e. The molecule has 1 saturated heterocycles. The van der Waals surface area contributed by atoms with Crippen LogP contribution in [-0.4, -0.2) is 56.4 Å². The number of hydrogen-bond donors (Lipinski definition) is 0. The lowest BCUT2D eigenvalue weighted by Gasteiger charge is -2.33. The first-order valence-corrected chi connectivity index (χ1v) is 8.83. The maximum atomic E-state index is 12.0. The summed E-state index contributed by atoms with van der Waals surface area (Å²) in [4.78, 5) is 0. The Morgan fingerprint density at radius 2 is 2.06 bits per heavy atom. The zero-order valence-electron chi connectivity index (χ0n) is 9.26. The Morgan fingerprint density at radius 3 is 2.50 bits per heavy atom. The van der Waals surface area contributed by atoms with Crippen LogP contribution in [0.5, 0.6) is 0 Å². The maximum absolute atomic E-state index is 12.0. The van der Waals surface area contributed by atoms with Gasteiger partial charge in [0.2, 0.25) is 10.0 Å². The summed E-state index contributed by atoms with van der Waals surface area (Å²) in [5, 5.41) is -0.683. The Morgan fingerprint density at radius 1 is 1.50 bits per heavy atom. The fourth-order valence-corrected chi connectivity index (χ4v) is 5.46. The van der Waals surface area contributed by atoms with E-state index in [1.807, 2.05) is 0 Å². The van der Waals surface area contributed by atoms with Gasteiger partial charge in [-0.1, -0.05) is 0 Å². The zero-order valence-corrected chi connectivity index (χ0v) is 11.6. The van der Waals surface area contributed by atoms with Crippen LogP contribution in [0.2, 0.25) is 0 Å². The molecule has 0 aliphatic carbocycles. The summed E-state index contributed by atoms with van der Waals surface area (Å²) >= 11 is 5.54. The van der Waals surface area contributed by atoms with E-state index in [2.05, 4.69) is 0 Å². The topological polar surface area (TPSA) is 71.5 Å². The molecule has 2 unspecified atom stereocenters. The third-order valence-electron chi connectivity index (χ3n) is 2.66. The van der Waals surface area contributed by atoms with Gasteiger partial charge in [0.25, 0.3) is 0 Å². The normalized spacial score (nSPS) is 28.8. The standard InChI is InChI=1S/C8H16ClNO4S2/c1-7-6-15(11,12)4-3-10(7)16(13,14)8(2)5-9/h7-8H,3-6H2,1-2H3. The fourth-order valence-electron chi connectivity index (χ4n) is 1.67. The predicted molar refractivity (Wildman–Crippen MR) is 63.9 cm³/mol. The average Bonchev–Trinajstić information content (AvgIpc) is 2.14. The Hall–Kier alpha value is 0.150. The largest absolute Gasteiger partial charge is 0.229 e. The summed E-state index contributed by atoms with van der Waals surface area (Å²) in [5.74, 6) is -0.203. The van der Waals surface area contributed by atoms with Gasteiger partial charge in [-0.3, -0.25) is 0 Å². The molecular weight excluding hydrogens is 274 g/mol. The van der Waals surface area contributed by atoms with Gasteiger partial charge in [0, 0.05) is 18.5 Å². The zero-order chi connectivity index (χ0) is 12.6. The summed E-state index contributed by atoms with van der Waals surface area (Å²) in [5.41, 5.74) is 0. The molecule has 0 N–H and O–H groups in total. The molecule has 96 valence electrons. The maximum Gasteiger partial charge on any atom is 0.218 e. The van der Waals surface area contributed by atoms with Gasteiger partial charge in [-0.25, -0.2) is 16.8 Å². The quantitative estimate of drug-likeness (QED) is 0.689. The van der Waals surface area contributed by atoms with Crippen molar-refractivity contribution in [3.8, 4) is 0 Å². The van der Waals surface area contributed by atoms with Crippen LogP contribution in [0.4, 0.5) is 0 Å². The van der Waals surface area contributed by atoms with Crippen LogP contribution in [0.25, 0.3) is 0 Å². The highest BCUT2D eigenvalue weighted by Gasteiger charge is 2.37. The van der Waals surface area contributed by atoms with E-state index in [0.717, 1.165) is 0 Å². The molecule has 16 heavy (non-hydrogen) atoms. The van der Waals surface area contributed by atoms with Crippen LogP contribution in [0.1, 0.15) is 13.8 Å². The highest BCUT2D eigenvalue weighted by Crippen LogP contribution is 2.19. The highest BCUT2D eigenvalue weighted by molar-refractivity contribution is 7.92. The summed E-state index contributed by atoms with van der Waals surface area (Å²) in [7, 11) is -6.57. The van der Waals surface area contributed by atoms with Crippen molar-refractivity contribution in [1.29, 1.82) is 0 Å². The summed E-state index contributed by atoms with van der Waals surface area (Å²) < 4.78 is 47.9. The van der Waals surface area contributed by atoms with Crippen LogP contribution in [0.3, 0.4) is 0 Å². The van der Waals surface area contributed by atoms with Gasteiger partial charge in [-0.05, 0) is 13.8 Å². The Balaban J connectivity index is 2.92. The lowest BCUT2D eigenvalue weighted by atomic mass is 10.4. The van der Waals surface area contributed by atoms with E-state index in [9.17, 15) is 16.8 Å². The molecule has 0 aromatic carbocycles. The fraction of sp³-hybridized carbons (Fsp3) is 1.00. The molecule has 1 rings (SSSR count). The molecule has 0 aromatic rings. The number of hydrogen-bond acceptors (Lipinski definition) is 4. The van der Waals surface area contributed by atoms with E-state index < -0.39 is 31.2 Å². The van der Waals surface area contributed by atoms with Crippen molar-refractivity contribution in [3.63, 3.8) is 0 Å². The number of nitrogens with zero attached hydrogens (tertiary/aromatic N) is 1. The molecule has 1 heterocycles. The van der Waals surface area contributed by atoms with Gasteiger partial charge in [0.15, 0.2) is 9.84 Å². The van der Waals surface area contributed by atoms with E-state index in [1.54, 1.807) is 6.92 Å². The Labute approximate surface area is 102 Å². The first kappa shape index (κ1) is 14.2. The van der Waals surface area contributed by atoms with Gasteiger partial charge < -0.3 is 0 Å². The van der Waals surface area contributed by atoms with E-state index >= 15 is 0 Å². The minimum absolute atomic E-state index is 0.0122. The number of sulfonamides is 1. The van der Waals surface area contributed by atoms with Crippen molar-refractivity contribution >= 4 is 31.5 Å². The number of halogens is 1. The molecule has 0 amide bonds. The first-order valence-electron chi connectivity index (χ1n) is 4.98. The van der Waals surface area contributed by atoms with Crippen LogP contribution < -0.4 is 0 Å². The second kappa shape index (κ2) is 4.80. The van der Waals surface area contributed by atoms with E-state index in [-0.39, 0.29) is 23.9 Å². The lowest BCUT2D eigenvalue weighted by molar-refractivity contribution is 0.353. The Bertz CT molecular complexity index is 445. The Kier molecular flexibility index (Phi) is 4.26. The van der Waals surface area contributed by atoms with Crippen molar-refractivity contribution in [1.82, 2.24) is 4.31 Å². The number of rotatable bonds is 3. The third-order valence-corrected chi connectivity index (χ3v) is 7.48. The average molecular weight is 290 g/mol. The third kappa shape index (κ3) is 2.88. The molecule has 1 fully saturated rings. The van der Waals surface area contributed by atoms with Crippen LogP contribution >= 0.6 is 11.6 Å². The molecule has 8 heteroatoms. The van der Waals surface area contributed by atoms with Gasteiger partial charge in [0.1, 0.15) is 0 Å². The molecule has 1 aliphatic rings. The minimum Gasteiger partial charge on any atom is -0.229 e. The van der Waals surface area contributed by atoms with Crippen molar-refractivity contribution in [2.45, 2.75) is 25.1 Å². The van der Waals surface area contributed by atoms with E-state index in [1.165, 1.54) is 11.2 Å². The van der Waals surface area contributed by atoms with Gasteiger partial charge >= 0.3 is 0 Å². The summed E-state index contributed by atoms with van der Waals surface area (Å²) in [6.07, 6.45) is 0. The second-order valence-electron chi connectivity index (χ2n) is 4.08. The monoisotopic (exact) mass is 289 g/mol. The summed E-state index contributed by atoms with van der Waals surface area (Å²) in [6, 6.07) is -0.505. The lowest BCUT2D eigenvalue weighted by Crippen LogP contribution is -2.52. The highest BCUT2D eigenvalue weighted by atomic mass is 35.5. The molecular formula is C8H16ClNO4S2. The molecule has 0 radical (unpaired) electrons. The molecule has 0 saturated carbocycles. The molecule has 0 aromatic heterocycles. The van der Waals surface area contributed by atoms with Crippen molar-refractivity contribution in [2.24, 2.45) is 0 Å². The van der Waals surface area contributed by atoms with Crippen LogP contribution in [0.15, 0.2) is 0 Å². The van der Waals surface area contributed by atoms with Crippen LogP contribution in [0, 0.1) is 0 Å². The minimum atomic E-state index is -3.47. The second-order valence-corrected chi connectivity index (χ2v) is 8.92. The predicted octanol–water partition coefficient (Wildman–Crippen LogP) is 0.0624. The SMILES string of the molecule is CC1CS(=O)(=O)CCN1S(=O)(=O)C(C)CCl. The number of alkyl halides is 1. The van der Waals surface area contributed by atoms with Crippen molar-refractivity contribution in [2.75, 3.05) is 23.9 Å². The molecule has 5 nitrogen and oxygen atoms in total. The van der Waals surface area contributed by atoms with E-state index in [4.69, 9.17) is 11.6 Å². The van der Waals surface area contributed by atoms with Crippen LogP contribution in [-0.2, 0) is 19.9 Å². The first-order chi connectivity index (χ1) is 7.20. The van der Waals surface area contributed by atoms with E-state index in [0.29, 0.717) is 0 Å². The molecule has 0 bridgehead atoms. The van der Waals surface area contributed by atoms with Crippen molar-refractivity contribution in [3.05, 3.63) is 0 Å². The van der Waals surface area contributed by atoms with Gasteiger partial charge in [-0.2, -0.15) is 4.31 Å². The van der Waals surface area contributed by atoms with Gasteiger partial charge in [0.05, 0.1) is 16.8 Å². The van der Waals surface area contributed by atoms with Crippen molar-refractivity contribution < 1.29 is 16.8 Å². The molecule has 1 aliphatic heterocycles. The molecule has 2 atom stereocenters. The molecule has 0 spiro atoms. The van der Waals surface area contributed by atoms with Gasteiger partial charge in [-0.15, -0.1) is 11.6 Å².